The largest absolute Gasteiger partial charge is 0.548 e. The van der Waals surface area contributed by atoms with Gasteiger partial charge in [0.05, 0.1) is 25.2 Å². The maximum Gasteiger partial charge on any atom is 0.318 e. The van der Waals surface area contributed by atoms with Gasteiger partial charge in [0.15, 0.2) is 0 Å². The van der Waals surface area contributed by atoms with E-state index in [2.05, 4.69) is 26.1 Å². The maximum atomic E-state index is 12.0. The maximum absolute atomic E-state index is 12.0. The van der Waals surface area contributed by atoms with Gasteiger partial charge in [-0.25, -0.2) is 4.79 Å². The molecule has 0 aromatic heterocycles. The van der Waals surface area contributed by atoms with E-state index in [0.717, 1.165) is 12.8 Å². The lowest BCUT2D eigenvalue weighted by Crippen LogP contribution is -2.54. The zero-order valence-electron chi connectivity index (χ0n) is 12.6. The summed E-state index contributed by atoms with van der Waals surface area (Å²) in [6.07, 6.45) is 2.08. The Labute approximate surface area is 120 Å². The van der Waals surface area contributed by atoms with Gasteiger partial charge in [-0.1, -0.05) is 27.2 Å². The van der Waals surface area contributed by atoms with E-state index in [1.165, 1.54) is 0 Å². The Morgan fingerprint density at radius 2 is 1.95 bits per heavy atom. The molecule has 0 spiro atoms. The highest BCUT2D eigenvalue weighted by molar-refractivity contribution is 5.81. The van der Waals surface area contributed by atoms with E-state index in [4.69, 9.17) is 4.74 Å². The Hall–Kier alpha value is -1.30. The van der Waals surface area contributed by atoms with Gasteiger partial charge >= 0.3 is 6.03 Å². The topological polar surface area (TPSA) is 81.7 Å². The van der Waals surface area contributed by atoms with Crippen LogP contribution in [0.2, 0.25) is 0 Å². The standard InChI is InChI=1S/C14H26N2O4/c1-4-14(2,3)6-5-11(12(17)18)15-13(19)16-7-9-20-10-8-16/h11H,4-10H2,1-3H3,(H,15,19)(H,17,18)/p-1/t11-/m0/s1. The molecule has 0 radical (unpaired) electrons. The summed E-state index contributed by atoms with van der Waals surface area (Å²) in [6, 6.07) is -1.28. The van der Waals surface area contributed by atoms with Crippen molar-refractivity contribution in [1.82, 2.24) is 10.2 Å². The molecule has 20 heavy (non-hydrogen) atoms. The first kappa shape index (κ1) is 16.8. The highest BCUT2D eigenvalue weighted by Gasteiger charge is 2.23. The number of morpholine rings is 1. The van der Waals surface area contributed by atoms with Crippen molar-refractivity contribution < 1.29 is 19.4 Å². The third-order valence-corrected chi connectivity index (χ3v) is 3.95. The van der Waals surface area contributed by atoms with E-state index < -0.39 is 12.0 Å². The molecule has 1 saturated heterocycles. The Morgan fingerprint density at radius 3 is 2.45 bits per heavy atom. The summed E-state index contributed by atoms with van der Waals surface area (Å²) >= 11 is 0. The molecule has 1 heterocycles. The van der Waals surface area contributed by atoms with Crippen LogP contribution >= 0.6 is 0 Å². The predicted molar refractivity (Wildman–Crippen MR) is 73.0 cm³/mol. The SMILES string of the molecule is CCC(C)(C)CC[C@H](NC(=O)N1CCOCC1)C(=O)[O-]. The van der Waals surface area contributed by atoms with Crippen molar-refractivity contribution in [2.75, 3.05) is 26.3 Å². The van der Waals surface area contributed by atoms with E-state index in [9.17, 15) is 14.7 Å². The molecule has 0 aliphatic carbocycles. The van der Waals surface area contributed by atoms with Gasteiger partial charge < -0.3 is 24.9 Å². The van der Waals surface area contributed by atoms with Gasteiger partial charge in [-0.2, -0.15) is 0 Å². The number of ether oxygens (including phenoxy) is 1. The van der Waals surface area contributed by atoms with E-state index in [1.54, 1.807) is 4.90 Å². The molecular weight excluding hydrogens is 260 g/mol. The summed E-state index contributed by atoms with van der Waals surface area (Å²) in [4.78, 5) is 24.7. The van der Waals surface area contributed by atoms with Crippen molar-refractivity contribution in [3.05, 3.63) is 0 Å². The molecule has 1 rings (SSSR count). The van der Waals surface area contributed by atoms with E-state index in [1.807, 2.05) is 0 Å². The summed E-state index contributed by atoms with van der Waals surface area (Å²) < 4.78 is 5.16. The number of rotatable bonds is 6. The summed E-state index contributed by atoms with van der Waals surface area (Å²) in [5.74, 6) is -1.22. The fourth-order valence-corrected chi connectivity index (χ4v) is 1.97. The summed E-state index contributed by atoms with van der Waals surface area (Å²) in [5, 5.41) is 13.7. The molecule has 0 unspecified atom stereocenters. The van der Waals surface area contributed by atoms with Crippen LogP contribution in [0.3, 0.4) is 0 Å². The molecule has 6 heteroatoms. The lowest BCUT2D eigenvalue weighted by molar-refractivity contribution is -0.308. The molecule has 0 bridgehead atoms. The molecule has 1 atom stereocenters. The van der Waals surface area contributed by atoms with Crippen LogP contribution in [0.5, 0.6) is 0 Å². The van der Waals surface area contributed by atoms with E-state index in [-0.39, 0.29) is 11.4 Å². The first-order valence-corrected chi connectivity index (χ1v) is 7.20. The first-order valence-electron chi connectivity index (χ1n) is 7.20. The Kier molecular flexibility index (Phi) is 6.26. The van der Waals surface area contributed by atoms with Crippen molar-refractivity contribution in [1.29, 1.82) is 0 Å². The van der Waals surface area contributed by atoms with Gasteiger partial charge in [-0.15, -0.1) is 0 Å². The molecule has 2 amide bonds. The van der Waals surface area contributed by atoms with Crippen molar-refractivity contribution in [3.63, 3.8) is 0 Å². The Bertz CT molecular complexity index is 338. The highest BCUT2D eigenvalue weighted by atomic mass is 16.5. The van der Waals surface area contributed by atoms with Gasteiger partial charge in [0.2, 0.25) is 0 Å². The van der Waals surface area contributed by atoms with Gasteiger partial charge in [0.25, 0.3) is 0 Å². The quantitative estimate of drug-likeness (QED) is 0.764. The fraction of sp³-hybridized carbons (Fsp3) is 0.857. The number of hydrogen-bond acceptors (Lipinski definition) is 4. The summed E-state index contributed by atoms with van der Waals surface area (Å²) in [7, 11) is 0. The number of hydrogen-bond donors (Lipinski definition) is 1. The van der Waals surface area contributed by atoms with Crippen LogP contribution in [-0.4, -0.2) is 49.2 Å². The van der Waals surface area contributed by atoms with E-state index >= 15 is 0 Å². The molecular formula is C14H25N2O4-. The smallest absolute Gasteiger partial charge is 0.318 e. The van der Waals surface area contributed by atoms with Crippen LogP contribution in [-0.2, 0) is 9.53 Å². The van der Waals surface area contributed by atoms with Crippen LogP contribution in [0.15, 0.2) is 0 Å². The highest BCUT2D eigenvalue weighted by Crippen LogP contribution is 2.26. The normalized spacial score (nSPS) is 17.6. The minimum absolute atomic E-state index is 0.0669. The fourth-order valence-electron chi connectivity index (χ4n) is 1.97. The Balaban J connectivity index is 2.49. The second-order valence-electron chi connectivity index (χ2n) is 5.98. The third kappa shape index (κ3) is 5.36. The van der Waals surface area contributed by atoms with Crippen LogP contribution < -0.4 is 10.4 Å². The van der Waals surface area contributed by atoms with Gasteiger partial charge in [-0.05, 0) is 18.3 Å². The molecule has 1 N–H and O–H groups in total. The van der Waals surface area contributed by atoms with Crippen molar-refractivity contribution in [2.45, 2.75) is 46.1 Å². The first-order chi connectivity index (χ1) is 9.35. The molecule has 116 valence electrons. The second kappa shape index (κ2) is 7.47. The number of nitrogens with one attached hydrogen (secondary N) is 1. The zero-order chi connectivity index (χ0) is 15.2. The van der Waals surface area contributed by atoms with Gasteiger partial charge in [-0.3, -0.25) is 0 Å². The van der Waals surface area contributed by atoms with Crippen LogP contribution in [0.4, 0.5) is 4.79 Å². The number of nitrogens with zero attached hydrogens (tertiary/aromatic N) is 1. The summed E-state index contributed by atoms with van der Waals surface area (Å²) in [5.41, 5.74) is 0.0669. The number of carbonyl (C=O) groups excluding carboxylic acids is 2. The minimum Gasteiger partial charge on any atom is -0.548 e. The monoisotopic (exact) mass is 285 g/mol. The van der Waals surface area contributed by atoms with Crippen LogP contribution in [0.25, 0.3) is 0 Å². The van der Waals surface area contributed by atoms with Gasteiger partial charge in [0, 0.05) is 13.1 Å². The van der Waals surface area contributed by atoms with E-state index in [0.29, 0.717) is 32.7 Å². The number of carboxylic acid groups (broad SMARTS) is 1. The third-order valence-electron chi connectivity index (χ3n) is 3.95. The lowest BCUT2D eigenvalue weighted by Gasteiger charge is -2.31. The second-order valence-corrected chi connectivity index (χ2v) is 5.98. The summed E-state index contributed by atoms with van der Waals surface area (Å²) in [6.45, 7) is 8.21. The molecule has 0 saturated carbocycles. The average molecular weight is 285 g/mol. The number of aliphatic carboxylic acids is 1. The van der Waals surface area contributed by atoms with Crippen LogP contribution in [0.1, 0.15) is 40.0 Å². The molecule has 6 nitrogen and oxygen atoms in total. The molecule has 1 aliphatic heterocycles. The number of amides is 2. The van der Waals surface area contributed by atoms with Crippen molar-refractivity contribution in [2.24, 2.45) is 5.41 Å². The van der Waals surface area contributed by atoms with Crippen molar-refractivity contribution >= 4 is 12.0 Å². The van der Waals surface area contributed by atoms with Crippen molar-refractivity contribution in [3.8, 4) is 0 Å². The molecule has 0 aromatic rings. The number of carbonyl (C=O) groups is 2. The zero-order valence-corrected chi connectivity index (χ0v) is 12.6. The number of carboxylic acids is 1. The molecule has 0 aromatic carbocycles. The Morgan fingerprint density at radius 1 is 1.35 bits per heavy atom. The van der Waals surface area contributed by atoms with Crippen LogP contribution in [0, 0.1) is 5.41 Å². The minimum atomic E-state index is -1.22. The lowest BCUT2D eigenvalue weighted by atomic mass is 9.84. The molecule has 1 fully saturated rings. The van der Waals surface area contributed by atoms with Gasteiger partial charge in [0.1, 0.15) is 0 Å². The average Bonchev–Trinajstić information content (AvgIpc) is 2.43. The molecule has 1 aliphatic rings. The number of urea groups is 1. The predicted octanol–water partition coefficient (Wildman–Crippen LogP) is 0.363.